The Morgan fingerprint density at radius 2 is 2.45 bits per heavy atom. The highest BCUT2D eigenvalue weighted by Gasteiger charge is 2.05. The lowest BCUT2D eigenvalue weighted by molar-refractivity contribution is 0.641. The molecule has 1 N–H and O–H groups in total. The number of nitrogens with one attached hydrogen (secondary N) is 1. The van der Waals surface area contributed by atoms with Gasteiger partial charge in [0.25, 0.3) is 0 Å². The normalized spacial score (nSPS) is 16.4. The number of aryl methyl sites for hydroxylation is 1. The van der Waals surface area contributed by atoms with Crippen molar-refractivity contribution < 1.29 is 0 Å². The van der Waals surface area contributed by atoms with Crippen LogP contribution in [-0.2, 0) is 13.1 Å². The molecule has 4 nitrogen and oxygen atoms in total. The van der Waals surface area contributed by atoms with Crippen LogP contribution in [0.5, 0.6) is 0 Å². The van der Waals surface area contributed by atoms with Crippen molar-refractivity contribution in [1.29, 1.82) is 0 Å². The van der Waals surface area contributed by atoms with Crippen LogP contribution >= 0.6 is 12.4 Å². The van der Waals surface area contributed by atoms with Gasteiger partial charge in [0, 0.05) is 6.54 Å². The zero-order chi connectivity index (χ0) is 6.81. The summed E-state index contributed by atoms with van der Waals surface area (Å²) in [6, 6.07) is 0. The first-order chi connectivity index (χ1) is 4.97. The van der Waals surface area contributed by atoms with Gasteiger partial charge in [-0.1, -0.05) is 0 Å². The molecule has 0 bridgehead atoms. The van der Waals surface area contributed by atoms with E-state index in [2.05, 4.69) is 20.1 Å². The maximum Gasteiger partial charge on any atom is 0.146 e. The molecule has 0 saturated carbocycles. The highest BCUT2D eigenvalue weighted by Crippen LogP contribution is 1.99. The van der Waals surface area contributed by atoms with E-state index in [9.17, 15) is 0 Å². The zero-order valence-electron chi connectivity index (χ0n) is 6.16. The van der Waals surface area contributed by atoms with E-state index in [0.29, 0.717) is 0 Å². The average Bonchev–Trinajstić information content (AvgIpc) is 2.28. The van der Waals surface area contributed by atoms with Crippen LogP contribution < -0.4 is 5.32 Å². The molecule has 2 rings (SSSR count). The Kier molecular flexibility index (Phi) is 2.84. The molecule has 0 aliphatic carbocycles. The van der Waals surface area contributed by atoms with E-state index in [0.717, 1.165) is 25.5 Å². The van der Waals surface area contributed by atoms with Gasteiger partial charge in [-0.3, -0.25) is 0 Å². The van der Waals surface area contributed by atoms with Crippen molar-refractivity contribution in [3.05, 3.63) is 12.2 Å². The SMILES string of the molecule is Cl.c1nnc2n1CCCNC2. The van der Waals surface area contributed by atoms with E-state index in [1.54, 1.807) is 6.33 Å². The Morgan fingerprint density at radius 3 is 3.36 bits per heavy atom. The third-order valence-electron chi connectivity index (χ3n) is 1.73. The van der Waals surface area contributed by atoms with E-state index >= 15 is 0 Å². The highest BCUT2D eigenvalue weighted by atomic mass is 35.5. The summed E-state index contributed by atoms with van der Waals surface area (Å²) in [5, 5.41) is 11.1. The van der Waals surface area contributed by atoms with Crippen LogP contribution in [0.3, 0.4) is 0 Å². The molecule has 1 aromatic rings. The lowest BCUT2D eigenvalue weighted by Gasteiger charge is -1.96. The van der Waals surface area contributed by atoms with Crippen LogP contribution in [0.4, 0.5) is 0 Å². The fourth-order valence-electron chi connectivity index (χ4n) is 1.18. The van der Waals surface area contributed by atoms with Crippen LogP contribution in [0.2, 0.25) is 0 Å². The topological polar surface area (TPSA) is 42.7 Å². The second kappa shape index (κ2) is 3.69. The summed E-state index contributed by atoms with van der Waals surface area (Å²) in [7, 11) is 0. The van der Waals surface area contributed by atoms with Gasteiger partial charge in [0.1, 0.15) is 12.2 Å². The molecule has 0 aromatic carbocycles. The third kappa shape index (κ3) is 1.70. The molecule has 11 heavy (non-hydrogen) atoms. The van der Waals surface area contributed by atoms with Crippen LogP contribution in [0.25, 0.3) is 0 Å². The van der Waals surface area contributed by atoms with E-state index in [1.165, 1.54) is 6.42 Å². The molecule has 0 unspecified atom stereocenters. The van der Waals surface area contributed by atoms with Crippen LogP contribution in [0.1, 0.15) is 12.2 Å². The molecule has 1 aliphatic heterocycles. The number of hydrogen-bond donors (Lipinski definition) is 1. The monoisotopic (exact) mass is 174 g/mol. The number of rotatable bonds is 0. The van der Waals surface area contributed by atoms with Crippen LogP contribution in [0.15, 0.2) is 6.33 Å². The largest absolute Gasteiger partial charge is 0.316 e. The van der Waals surface area contributed by atoms with Crippen LogP contribution in [-0.4, -0.2) is 21.3 Å². The number of nitrogens with zero attached hydrogens (tertiary/aromatic N) is 3. The van der Waals surface area contributed by atoms with Crippen molar-refractivity contribution >= 4 is 12.4 Å². The fraction of sp³-hybridized carbons (Fsp3) is 0.667. The molecule has 1 aromatic heterocycles. The Hall–Kier alpha value is -0.610. The van der Waals surface area contributed by atoms with Crippen LogP contribution in [0, 0.1) is 0 Å². The second-order valence-electron chi connectivity index (χ2n) is 2.47. The molecule has 0 radical (unpaired) electrons. The van der Waals surface area contributed by atoms with Gasteiger partial charge >= 0.3 is 0 Å². The number of hydrogen-bond acceptors (Lipinski definition) is 3. The summed E-state index contributed by atoms with van der Waals surface area (Å²) in [5.74, 6) is 1.05. The summed E-state index contributed by atoms with van der Waals surface area (Å²) >= 11 is 0. The fourth-order valence-corrected chi connectivity index (χ4v) is 1.18. The molecule has 1 aliphatic rings. The van der Waals surface area contributed by atoms with E-state index in [4.69, 9.17) is 0 Å². The van der Waals surface area contributed by atoms with Crippen molar-refractivity contribution in [2.75, 3.05) is 6.54 Å². The summed E-state index contributed by atoms with van der Waals surface area (Å²) in [6.07, 6.45) is 2.97. The van der Waals surface area contributed by atoms with E-state index in [1.807, 2.05) is 0 Å². The Labute approximate surface area is 71.4 Å². The van der Waals surface area contributed by atoms with Gasteiger partial charge < -0.3 is 9.88 Å². The first kappa shape index (κ1) is 8.49. The van der Waals surface area contributed by atoms with Crippen molar-refractivity contribution in [3.63, 3.8) is 0 Å². The van der Waals surface area contributed by atoms with Gasteiger partial charge in [-0.2, -0.15) is 0 Å². The molecule has 0 atom stereocenters. The molecule has 5 heteroatoms. The minimum Gasteiger partial charge on any atom is -0.316 e. The summed E-state index contributed by atoms with van der Waals surface area (Å²) in [5.41, 5.74) is 0. The van der Waals surface area contributed by atoms with E-state index in [-0.39, 0.29) is 12.4 Å². The summed E-state index contributed by atoms with van der Waals surface area (Å²) < 4.78 is 2.10. The first-order valence-electron chi connectivity index (χ1n) is 3.54. The molecule has 0 fully saturated rings. The minimum atomic E-state index is 0. The van der Waals surface area contributed by atoms with Crippen molar-refractivity contribution in [2.24, 2.45) is 0 Å². The summed E-state index contributed by atoms with van der Waals surface area (Å²) in [6.45, 7) is 3.00. The Balaban J connectivity index is 0.000000605. The van der Waals surface area contributed by atoms with Gasteiger partial charge in [0.2, 0.25) is 0 Å². The minimum absolute atomic E-state index is 0. The maximum atomic E-state index is 3.97. The predicted octanol–water partition coefficient (Wildman–Crippen LogP) is 0.193. The van der Waals surface area contributed by atoms with E-state index < -0.39 is 0 Å². The second-order valence-corrected chi connectivity index (χ2v) is 2.47. The number of halogens is 1. The lowest BCUT2D eigenvalue weighted by Crippen LogP contribution is -2.12. The molecule has 0 spiro atoms. The van der Waals surface area contributed by atoms with Gasteiger partial charge in [-0.25, -0.2) is 0 Å². The highest BCUT2D eigenvalue weighted by molar-refractivity contribution is 5.85. The average molecular weight is 175 g/mol. The molecular formula is C6H11ClN4. The molecule has 2 heterocycles. The predicted molar refractivity (Wildman–Crippen MR) is 43.6 cm³/mol. The smallest absolute Gasteiger partial charge is 0.146 e. The van der Waals surface area contributed by atoms with Crippen molar-refractivity contribution in [1.82, 2.24) is 20.1 Å². The third-order valence-corrected chi connectivity index (χ3v) is 1.73. The number of fused-ring (bicyclic) bond motifs is 1. The van der Waals surface area contributed by atoms with Gasteiger partial charge in [0.15, 0.2) is 0 Å². The van der Waals surface area contributed by atoms with Gasteiger partial charge in [0.05, 0.1) is 6.54 Å². The maximum absolute atomic E-state index is 3.97. The Bertz CT molecular complexity index is 202. The first-order valence-corrected chi connectivity index (χ1v) is 3.54. The zero-order valence-corrected chi connectivity index (χ0v) is 6.97. The molecule has 0 amide bonds. The van der Waals surface area contributed by atoms with Gasteiger partial charge in [-0.05, 0) is 13.0 Å². The quantitative estimate of drug-likeness (QED) is 0.611. The van der Waals surface area contributed by atoms with Gasteiger partial charge in [-0.15, -0.1) is 22.6 Å². The standard InChI is InChI=1S/C6H10N4.ClH/c1-2-7-4-6-9-8-5-10(6)3-1;/h5,7H,1-4H2;1H. The molecule has 62 valence electrons. The molecule has 0 saturated heterocycles. The summed E-state index contributed by atoms with van der Waals surface area (Å²) in [4.78, 5) is 0. The number of aromatic nitrogens is 3. The molecular weight excluding hydrogens is 164 g/mol. The van der Waals surface area contributed by atoms with Crippen molar-refractivity contribution in [2.45, 2.75) is 19.5 Å². The lowest BCUT2D eigenvalue weighted by atomic mass is 10.4. The van der Waals surface area contributed by atoms with Crippen molar-refractivity contribution in [3.8, 4) is 0 Å². The Morgan fingerprint density at radius 1 is 1.55 bits per heavy atom.